The Labute approximate surface area is 160 Å². The van der Waals surface area contributed by atoms with Crippen LogP contribution in [0.25, 0.3) is 65.3 Å². The zero-order valence-corrected chi connectivity index (χ0v) is 15.0. The quantitative estimate of drug-likeness (QED) is 0.279. The first kappa shape index (κ1) is 14.3. The van der Waals surface area contributed by atoms with Gasteiger partial charge in [-0.3, -0.25) is 0 Å². The van der Waals surface area contributed by atoms with E-state index >= 15 is 0 Å². The molecule has 0 radical (unpaired) electrons. The summed E-state index contributed by atoms with van der Waals surface area (Å²) in [4.78, 5) is 3.58. The molecule has 7 aromatic rings. The number of aromatic nitrogens is 1. The van der Waals surface area contributed by atoms with Crippen LogP contribution in [-0.2, 0) is 0 Å². The van der Waals surface area contributed by atoms with Gasteiger partial charge in [0, 0.05) is 43.4 Å². The molecule has 0 unspecified atom stereocenters. The maximum absolute atomic E-state index is 6.40. The fourth-order valence-corrected chi connectivity index (χ4v) is 4.83. The monoisotopic (exact) mass is 357 g/mol. The second kappa shape index (κ2) is 4.93. The van der Waals surface area contributed by atoms with Crippen LogP contribution in [0.1, 0.15) is 0 Å². The number of fused-ring (bicyclic) bond motifs is 12. The molecular formula is C26H15NO. The third-order valence-electron chi connectivity index (χ3n) is 5.98. The van der Waals surface area contributed by atoms with Crippen molar-refractivity contribution in [2.75, 3.05) is 0 Å². The van der Waals surface area contributed by atoms with Crippen molar-refractivity contribution in [2.24, 2.45) is 0 Å². The average molecular weight is 357 g/mol. The van der Waals surface area contributed by atoms with E-state index in [4.69, 9.17) is 4.42 Å². The van der Waals surface area contributed by atoms with Crippen molar-refractivity contribution in [3.8, 4) is 0 Å². The Bertz CT molecular complexity index is 1720. The molecule has 0 aliphatic rings. The molecule has 2 heteroatoms. The molecule has 5 aromatic carbocycles. The van der Waals surface area contributed by atoms with Crippen LogP contribution in [0, 0.1) is 0 Å². The Kier molecular flexibility index (Phi) is 2.52. The molecule has 2 heterocycles. The number of aromatic amines is 1. The molecule has 1 N–H and O–H groups in total. The minimum absolute atomic E-state index is 0.939. The number of benzene rings is 5. The number of furan rings is 1. The summed E-state index contributed by atoms with van der Waals surface area (Å²) in [5.41, 5.74) is 4.24. The fourth-order valence-electron chi connectivity index (χ4n) is 4.83. The lowest BCUT2D eigenvalue weighted by Crippen LogP contribution is -1.82. The second-order valence-electron chi connectivity index (χ2n) is 7.43. The molecule has 2 nitrogen and oxygen atoms in total. The molecule has 0 bridgehead atoms. The molecule has 0 spiro atoms. The number of para-hydroxylation sites is 2. The standard InChI is InChI=1S/C26H15NO/c1-2-8-16-15(7-1)23-19(26-24(16)18-10-4-6-12-22(18)28-26)13-14-21-25(23)17-9-3-5-11-20(17)27-21/h1-14,27H. The molecule has 0 aliphatic heterocycles. The summed E-state index contributed by atoms with van der Waals surface area (Å²) < 4.78 is 6.40. The Hall–Kier alpha value is -3.78. The number of H-pyrrole nitrogens is 1. The summed E-state index contributed by atoms with van der Waals surface area (Å²) in [5.74, 6) is 0. The largest absolute Gasteiger partial charge is 0.455 e. The SMILES string of the molecule is c1ccc2c(c1)[nH]c1ccc3c4oc5ccccc5c4c4ccccc4c3c12. The van der Waals surface area contributed by atoms with Gasteiger partial charge < -0.3 is 9.40 Å². The van der Waals surface area contributed by atoms with Gasteiger partial charge in [0.1, 0.15) is 11.2 Å². The molecule has 0 amide bonds. The molecule has 0 saturated carbocycles. The lowest BCUT2D eigenvalue weighted by atomic mass is 9.94. The van der Waals surface area contributed by atoms with Gasteiger partial charge in [0.25, 0.3) is 0 Å². The molecule has 0 aliphatic carbocycles. The van der Waals surface area contributed by atoms with E-state index in [2.05, 4.69) is 83.8 Å². The second-order valence-corrected chi connectivity index (χ2v) is 7.43. The van der Waals surface area contributed by atoms with E-state index in [1.54, 1.807) is 0 Å². The smallest absolute Gasteiger partial charge is 0.143 e. The number of hydrogen-bond acceptors (Lipinski definition) is 1. The summed E-state index contributed by atoms with van der Waals surface area (Å²) >= 11 is 0. The van der Waals surface area contributed by atoms with Crippen LogP contribution in [0.2, 0.25) is 0 Å². The first-order chi connectivity index (χ1) is 13.9. The van der Waals surface area contributed by atoms with Gasteiger partial charge in [0.05, 0.1) is 0 Å². The van der Waals surface area contributed by atoms with E-state index in [9.17, 15) is 0 Å². The number of rotatable bonds is 0. The Morgan fingerprint density at radius 3 is 2.00 bits per heavy atom. The van der Waals surface area contributed by atoms with E-state index in [-0.39, 0.29) is 0 Å². The van der Waals surface area contributed by atoms with Gasteiger partial charge in [-0.2, -0.15) is 0 Å². The third-order valence-corrected chi connectivity index (χ3v) is 5.98. The summed E-state index contributed by atoms with van der Waals surface area (Å²) in [6, 6.07) is 29.9. The van der Waals surface area contributed by atoms with Crippen LogP contribution in [0.4, 0.5) is 0 Å². The number of nitrogens with one attached hydrogen (secondary N) is 1. The van der Waals surface area contributed by atoms with Crippen molar-refractivity contribution in [1.29, 1.82) is 0 Å². The van der Waals surface area contributed by atoms with Crippen molar-refractivity contribution in [2.45, 2.75) is 0 Å². The Morgan fingerprint density at radius 1 is 0.464 bits per heavy atom. The molecule has 0 atom stereocenters. The lowest BCUT2D eigenvalue weighted by Gasteiger charge is -2.08. The zero-order valence-electron chi connectivity index (χ0n) is 15.0. The van der Waals surface area contributed by atoms with Gasteiger partial charge in [0.2, 0.25) is 0 Å². The molecule has 0 saturated heterocycles. The summed E-state index contributed by atoms with van der Waals surface area (Å²) in [6.07, 6.45) is 0. The highest BCUT2D eigenvalue weighted by Gasteiger charge is 2.18. The number of hydrogen-bond donors (Lipinski definition) is 1. The lowest BCUT2D eigenvalue weighted by molar-refractivity contribution is 0.673. The van der Waals surface area contributed by atoms with Crippen molar-refractivity contribution in [1.82, 2.24) is 4.98 Å². The van der Waals surface area contributed by atoms with E-state index in [1.807, 2.05) is 6.07 Å². The van der Waals surface area contributed by atoms with Gasteiger partial charge in [-0.25, -0.2) is 0 Å². The highest BCUT2D eigenvalue weighted by molar-refractivity contribution is 6.37. The highest BCUT2D eigenvalue weighted by Crippen LogP contribution is 2.44. The summed E-state index contributed by atoms with van der Waals surface area (Å²) in [7, 11) is 0. The maximum atomic E-state index is 6.40. The predicted molar refractivity (Wildman–Crippen MR) is 118 cm³/mol. The van der Waals surface area contributed by atoms with Gasteiger partial charge >= 0.3 is 0 Å². The van der Waals surface area contributed by atoms with Crippen LogP contribution in [0.15, 0.2) is 89.3 Å². The normalized spacial score (nSPS) is 12.3. The van der Waals surface area contributed by atoms with E-state index < -0.39 is 0 Å². The van der Waals surface area contributed by atoms with Crippen LogP contribution in [-0.4, -0.2) is 4.98 Å². The van der Waals surface area contributed by atoms with Crippen LogP contribution in [0.5, 0.6) is 0 Å². The minimum atomic E-state index is 0.939. The van der Waals surface area contributed by atoms with Gasteiger partial charge in [0.15, 0.2) is 0 Å². The van der Waals surface area contributed by atoms with Gasteiger partial charge in [-0.1, -0.05) is 60.7 Å². The molecule has 0 fully saturated rings. The van der Waals surface area contributed by atoms with Gasteiger partial charge in [-0.05, 0) is 35.0 Å². The Balaban J connectivity index is 1.90. The molecule has 7 rings (SSSR count). The van der Waals surface area contributed by atoms with Crippen molar-refractivity contribution in [3.63, 3.8) is 0 Å². The van der Waals surface area contributed by atoms with Crippen molar-refractivity contribution >= 4 is 65.3 Å². The third kappa shape index (κ3) is 1.64. The minimum Gasteiger partial charge on any atom is -0.455 e. The summed E-state index contributed by atoms with van der Waals surface area (Å²) in [6.45, 7) is 0. The highest BCUT2D eigenvalue weighted by atomic mass is 16.3. The van der Waals surface area contributed by atoms with E-state index in [0.29, 0.717) is 0 Å². The average Bonchev–Trinajstić information content (AvgIpc) is 3.32. The molecule has 28 heavy (non-hydrogen) atoms. The zero-order chi connectivity index (χ0) is 18.2. The van der Waals surface area contributed by atoms with Crippen LogP contribution < -0.4 is 0 Å². The summed E-state index contributed by atoms with van der Waals surface area (Å²) in [5, 5.41) is 9.85. The maximum Gasteiger partial charge on any atom is 0.143 e. The molecule has 2 aromatic heterocycles. The van der Waals surface area contributed by atoms with Gasteiger partial charge in [-0.15, -0.1) is 0 Å². The first-order valence-electron chi connectivity index (χ1n) is 9.55. The topological polar surface area (TPSA) is 28.9 Å². The Morgan fingerprint density at radius 2 is 1.14 bits per heavy atom. The van der Waals surface area contributed by atoms with E-state index in [1.165, 1.54) is 48.6 Å². The van der Waals surface area contributed by atoms with E-state index in [0.717, 1.165) is 16.7 Å². The van der Waals surface area contributed by atoms with Crippen molar-refractivity contribution < 1.29 is 4.42 Å². The van der Waals surface area contributed by atoms with Crippen molar-refractivity contribution in [3.05, 3.63) is 84.9 Å². The first-order valence-corrected chi connectivity index (χ1v) is 9.55. The molecular weight excluding hydrogens is 342 g/mol. The predicted octanol–water partition coefficient (Wildman–Crippen LogP) is 7.53. The fraction of sp³-hybridized carbons (Fsp3) is 0. The molecule has 130 valence electrons. The van der Waals surface area contributed by atoms with Crippen LogP contribution >= 0.6 is 0 Å². The van der Waals surface area contributed by atoms with Crippen LogP contribution in [0.3, 0.4) is 0 Å².